The maximum absolute atomic E-state index is 11.0. The van der Waals surface area contributed by atoms with Gasteiger partial charge >= 0.3 is 0 Å². The van der Waals surface area contributed by atoms with Crippen molar-refractivity contribution in [3.8, 4) is 0 Å². The summed E-state index contributed by atoms with van der Waals surface area (Å²) in [4.78, 5) is 11.0. The van der Waals surface area contributed by atoms with Crippen molar-refractivity contribution in [1.29, 1.82) is 0 Å². The van der Waals surface area contributed by atoms with Crippen molar-refractivity contribution in [2.45, 2.75) is 25.3 Å². The minimum Gasteiger partial charge on any atom is -0.321 e. The van der Waals surface area contributed by atoms with E-state index in [0.29, 0.717) is 12.2 Å². The minimum atomic E-state index is -0.386. The molecular formula is C8H15NOS. The molecular weight excluding hydrogens is 158 g/mol. The van der Waals surface area contributed by atoms with Gasteiger partial charge in [-0.2, -0.15) is 12.6 Å². The zero-order valence-electron chi connectivity index (χ0n) is 6.62. The largest absolute Gasteiger partial charge is 0.321 e. The van der Waals surface area contributed by atoms with Crippen LogP contribution in [0.25, 0.3) is 0 Å². The maximum atomic E-state index is 11.0. The van der Waals surface area contributed by atoms with Crippen molar-refractivity contribution in [3.63, 3.8) is 0 Å². The molecule has 0 saturated heterocycles. The number of hydrogen-bond acceptors (Lipinski definition) is 3. The highest BCUT2D eigenvalue weighted by Crippen LogP contribution is 1.99. The summed E-state index contributed by atoms with van der Waals surface area (Å²) in [6.07, 6.45) is 4.09. The molecule has 0 amide bonds. The van der Waals surface area contributed by atoms with Crippen molar-refractivity contribution < 1.29 is 4.79 Å². The van der Waals surface area contributed by atoms with Gasteiger partial charge in [-0.1, -0.05) is 6.08 Å². The molecule has 3 heteroatoms. The van der Waals surface area contributed by atoms with E-state index >= 15 is 0 Å². The first-order valence-electron chi connectivity index (χ1n) is 3.72. The number of hydrogen-bond donors (Lipinski definition) is 2. The summed E-state index contributed by atoms with van der Waals surface area (Å²) >= 11 is 3.93. The monoisotopic (exact) mass is 173 g/mol. The van der Waals surface area contributed by atoms with Gasteiger partial charge < -0.3 is 5.73 Å². The van der Waals surface area contributed by atoms with Crippen LogP contribution in [-0.4, -0.2) is 17.6 Å². The van der Waals surface area contributed by atoms with Gasteiger partial charge in [-0.05, 0) is 12.8 Å². The van der Waals surface area contributed by atoms with E-state index in [4.69, 9.17) is 5.73 Å². The second-order valence-electron chi connectivity index (χ2n) is 2.44. The normalized spacial score (nSPS) is 12.5. The highest BCUT2D eigenvalue weighted by atomic mass is 32.1. The maximum Gasteiger partial charge on any atom is 0.150 e. The average molecular weight is 173 g/mol. The number of carbonyl (C=O) groups is 1. The summed E-state index contributed by atoms with van der Waals surface area (Å²) in [5, 5.41) is 0. The van der Waals surface area contributed by atoms with Crippen molar-refractivity contribution in [2.75, 3.05) is 5.75 Å². The van der Waals surface area contributed by atoms with E-state index in [1.54, 1.807) is 6.08 Å². The molecule has 0 fully saturated rings. The fraction of sp³-hybridized carbons (Fsp3) is 0.625. The van der Waals surface area contributed by atoms with E-state index in [1.807, 2.05) is 0 Å². The zero-order chi connectivity index (χ0) is 8.69. The highest BCUT2D eigenvalue weighted by molar-refractivity contribution is 7.80. The molecule has 1 atom stereocenters. The molecule has 0 spiro atoms. The lowest BCUT2D eigenvalue weighted by Gasteiger charge is -2.05. The van der Waals surface area contributed by atoms with Gasteiger partial charge in [0.2, 0.25) is 0 Å². The number of rotatable bonds is 6. The molecule has 0 bridgehead atoms. The fourth-order valence-corrected chi connectivity index (χ4v) is 0.911. The highest BCUT2D eigenvalue weighted by Gasteiger charge is 2.09. The van der Waals surface area contributed by atoms with Gasteiger partial charge in [0.1, 0.15) is 5.78 Å². The summed E-state index contributed by atoms with van der Waals surface area (Å²) in [6.45, 7) is 3.56. The molecule has 0 heterocycles. The lowest BCUT2D eigenvalue weighted by atomic mass is 10.1. The molecule has 0 aromatic heterocycles. The molecule has 2 nitrogen and oxygen atoms in total. The van der Waals surface area contributed by atoms with Crippen LogP contribution in [0.15, 0.2) is 12.7 Å². The van der Waals surface area contributed by atoms with E-state index in [2.05, 4.69) is 19.2 Å². The lowest BCUT2D eigenvalue weighted by molar-refractivity contribution is -0.119. The lowest BCUT2D eigenvalue weighted by Crippen LogP contribution is -2.31. The van der Waals surface area contributed by atoms with Crippen LogP contribution in [0, 0.1) is 0 Å². The molecule has 0 aliphatic carbocycles. The van der Waals surface area contributed by atoms with Crippen LogP contribution >= 0.6 is 12.6 Å². The first-order chi connectivity index (χ1) is 5.22. The molecule has 0 aliphatic rings. The Balaban J connectivity index is 3.43. The van der Waals surface area contributed by atoms with Crippen LogP contribution in [0.5, 0.6) is 0 Å². The molecule has 0 saturated carbocycles. The second-order valence-corrected chi connectivity index (χ2v) is 2.80. The van der Waals surface area contributed by atoms with E-state index in [1.165, 1.54) is 0 Å². The van der Waals surface area contributed by atoms with Crippen LogP contribution in [0.2, 0.25) is 0 Å². The van der Waals surface area contributed by atoms with E-state index in [9.17, 15) is 4.79 Å². The third kappa shape index (κ3) is 5.04. The Hall–Kier alpha value is -0.280. The molecule has 11 heavy (non-hydrogen) atoms. The summed E-state index contributed by atoms with van der Waals surface area (Å²) in [6, 6.07) is -0.386. The number of ketones is 1. The molecule has 0 rings (SSSR count). The molecule has 0 aromatic carbocycles. The Morgan fingerprint density at radius 2 is 2.36 bits per heavy atom. The number of nitrogens with two attached hydrogens (primary N) is 1. The van der Waals surface area contributed by atoms with E-state index in [-0.39, 0.29) is 11.8 Å². The van der Waals surface area contributed by atoms with Crippen LogP contribution in [0.4, 0.5) is 0 Å². The Bertz CT molecular complexity index is 136. The van der Waals surface area contributed by atoms with Crippen molar-refractivity contribution >= 4 is 18.4 Å². The Morgan fingerprint density at radius 1 is 1.73 bits per heavy atom. The molecule has 1 unspecified atom stereocenters. The zero-order valence-corrected chi connectivity index (χ0v) is 7.52. The van der Waals surface area contributed by atoms with Gasteiger partial charge in [-0.15, -0.1) is 6.58 Å². The number of carbonyl (C=O) groups excluding carboxylic acids is 1. The summed E-state index contributed by atoms with van der Waals surface area (Å²) in [5.74, 6) is 0.536. The van der Waals surface area contributed by atoms with Gasteiger partial charge in [0.25, 0.3) is 0 Å². The van der Waals surface area contributed by atoms with Crippen molar-refractivity contribution in [2.24, 2.45) is 5.73 Å². The minimum absolute atomic E-state index is 0.0989. The number of unbranched alkanes of at least 4 members (excludes halogenated alkanes) is 1. The predicted molar refractivity (Wildman–Crippen MR) is 50.9 cm³/mol. The second kappa shape index (κ2) is 6.43. The van der Waals surface area contributed by atoms with Crippen LogP contribution in [0.3, 0.4) is 0 Å². The first-order valence-corrected chi connectivity index (χ1v) is 4.35. The SMILES string of the molecule is C=CCCCC(=O)C(N)CS. The molecule has 2 N–H and O–H groups in total. The Morgan fingerprint density at radius 3 is 2.82 bits per heavy atom. The van der Waals surface area contributed by atoms with Crippen LogP contribution < -0.4 is 5.73 Å². The van der Waals surface area contributed by atoms with Gasteiger partial charge in [0.15, 0.2) is 0 Å². The van der Waals surface area contributed by atoms with Gasteiger partial charge in [0.05, 0.1) is 6.04 Å². The van der Waals surface area contributed by atoms with Crippen molar-refractivity contribution in [1.82, 2.24) is 0 Å². The van der Waals surface area contributed by atoms with Gasteiger partial charge in [-0.25, -0.2) is 0 Å². The molecule has 64 valence electrons. The fourth-order valence-electron chi connectivity index (χ4n) is 0.708. The topological polar surface area (TPSA) is 43.1 Å². The number of thiol groups is 1. The molecule has 0 aromatic rings. The Labute approximate surface area is 73.3 Å². The van der Waals surface area contributed by atoms with E-state index in [0.717, 1.165) is 12.8 Å². The summed E-state index contributed by atoms with van der Waals surface area (Å²) < 4.78 is 0. The van der Waals surface area contributed by atoms with Crippen LogP contribution in [-0.2, 0) is 4.79 Å². The van der Waals surface area contributed by atoms with Crippen molar-refractivity contribution in [3.05, 3.63) is 12.7 Å². The molecule has 0 aliphatic heterocycles. The summed E-state index contributed by atoms with van der Waals surface area (Å²) in [7, 11) is 0. The summed E-state index contributed by atoms with van der Waals surface area (Å²) in [5.41, 5.74) is 5.45. The predicted octanol–water partition coefficient (Wildman–Crippen LogP) is 1.17. The average Bonchev–Trinajstić information content (AvgIpc) is 2.03. The third-order valence-corrected chi connectivity index (χ3v) is 1.84. The molecule has 0 radical (unpaired) electrons. The Kier molecular flexibility index (Phi) is 6.27. The number of allylic oxidation sites excluding steroid dienone is 1. The van der Waals surface area contributed by atoms with Gasteiger partial charge in [-0.3, -0.25) is 4.79 Å². The quantitative estimate of drug-likeness (QED) is 0.360. The van der Waals surface area contributed by atoms with E-state index < -0.39 is 0 Å². The third-order valence-electron chi connectivity index (χ3n) is 1.44. The standard InChI is InChI=1S/C8H15NOS/c1-2-3-4-5-8(10)7(9)6-11/h2,7,11H,1,3-6,9H2. The smallest absolute Gasteiger partial charge is 0.150 e. The van der Waals surface area contributed by atoms with Gasteiger partial charge in [0, 0.05) is 12.2 Å². The van der Waals surface area contributed by atoms with Crippen LogP contribution in [0.1, 0.15) is 19.3 Å². The first kappa shape index (κ1) is 10.7. The number of Topliss-reactive ketones (excluding diaryl/α,β-unsaturated/α-hetero) is 1.